The maximum Gasteiger partial charge on any atom is 0.115 e. The molecule has 1 aromatic carbocycles. The average molecular weight is 234 g/mol. The van der Waals surface area contributed by atoms with Gasteiger partial charge in [0.1, 0.15) is 6.33 Å². The van der Waals surface area contributed by atoms with Crippen molar-refractivity contribution >= 4 is 11.6 Å². The molecule has 2 aromatic rings. The Morgan fingerprint density at radius 2 is 2.12 bits per heavy atom. The zero-order valence-electron chi connectivity index (χ0n) is 8.89. The molecule has 0 saturated heterocycles. The van der Waals surface area contributed by atoms with Gasteiger partial charge in [0.25, 0.3) is 0 Å². The van der Waals surface area contributed by atoms with Gasteiger partial charge >= 0.3 is 0 Å². The predicted octanol–water partition coefficient (Wildman–Crippen LogP) is 2.49. The maximum atomic E-state index is 6.09. The third kappa shape index (κ3) is 2.21. The summed E-state index contributed by atoms with van der Waals surface area (Å²) in [5.74, 6) is 0. The Balaban J connectivity index is 2.34. The fourth-order valence-corrected chi connectivity index (χ4v) is 1.65. The summed E-state index contributed by atoms with van der Waals surface area (Å²) in [6.45, 7) is 1.96. The third-order valence-electron chi connectivity index (χ3n) is 2.48. The van der Waals surface area contributed by atoms with Gasteiger partial charge in [-0.25, -0.2) is 9.97 Å². The molecule has 1 atom stereocenters. The van der Waals surface area contributed by atoms with Crippen molar-refractivity contribution in [3.63, 3.8) is 0 Å². The van der Waals surface area contributed by atoms with Gasteiger partial charge in [-0.2, -0.15) is 0 Å². The molecule has 82 valence electrons. The van der Waals surface area contributed by atoms with Crippen LogP contribution < -0.4 is 5.73 Å². The van der Waals surface area contributed by atoms with Gasteiger partial charge in [0, 0.05) is 11.2 Å². The fraction of sp³-hybridized carbons (Fsp3) is 0.167. The molecule has 2 rings (SSSR count). The van der Waals surface area contributed by atoms with Crippen LogP contribution in [0.15, 0.2) is 36.8 Å². The van der Waals surface area contributed by atoms with Gasteiger partial charge < -0.3 is 5.73 Å². The molecule has 0 spiro atoms. The molecule has 4 heteroatoms. The SMILES string of the molecule is Cc1ccc(C(N)c2ccncn2)cc1Cl. The molecule has 0 fully saturated rings. The number of nitrogens with zero attached hydrogens (tertiary/aromatic N) is 2. The van der Waals surface area contributed by atoms with Crippen molar-refractivity contribution in [1.82, 2.24) is 9.97 Å². The fourth-order valence-electron chi connectivity index (χ4n) is 1.46. The minimum atomic E-state index is -0.263. The number of hydrogen-bond acceptors (Lipinski definition) is 3. The lowest BCUT2D eigenvalue weighted by atomic mass is 10.0. The third-order valence-corrected chi connectivity index (χ3v) is 2.89. The Hall–Kier alpha value is -1.45. The van der Waals surface area contributed by atoms with Crippen LogP contribution in [0.5, 0.6) is 0 Å². The monoisotopic (exact) mass is 233 g/mol. The van der Waals surface area contributed by atoms with Crippen molar-refractivity contribution in [3.8, 4) is 0 Å². The highest BCUT2D eigenvalue weighted by atomic mass is 35.5. The minimum absolute atomic E-state index is 0.263. The second-order valence-corrected chi connectivity index (χ2v) is 4.03. The van der Waals surface area contributed by atoms with Crippen LogP contribution in [0.25, 0.3) is 0 Å². The maximum absolute atomic E-state index is 6.09. The quantitative estimate of drug-likeness (QED) is 0.867. The number of hydrogen-bond donors (Lipinski definition) is 1. The van der Waals surface area contributed by atoms with Gasteiger partial charge in [-0.3, -0.25) is 0 Å². The smallest absolute Gasteiger partial charge is 0.115 e. The zero-order valence-corrected chi connectivity index (χ0v) is 9.65. The van der Waals surface area contributed by atoms with Gasteiger partial charge in [0.05, 0.1) is 11.7 Å². The molecular formula is C12H12ClN3. The van der Waals surface area contributed by atoms with Gasteiger partial charge in [0.2, 0.25) is 0 Å². The van der Waals surface area contributed by atoms with E-state index in [4.69, 9.17) is 17.3 Å². The summed E-state index contributed by atoms with van der Waals surface area (Å²) in [5, 5.41) is 0.724. The van der Waals surface area contributed by atoms with Crippen LogP contribution in [0.4, 0.5) is 0 Å². The van der Waals surface area contributed by atoms with Gasteiger partial charge in [-0.15, -0.1) is 0 Å². The molecule has 0 radical (unpaired) electrons. The summed E-state index contributed by atoms with van der Waals surface area (Å²) in [7, 11) is 0. The molecule has 0 aliphatic carbocycles. The topological polar surface area (TPSA) is 51.8 Å². The summed E-state index contributed by atoms with van der Waals surface area (Å²) in [4.78, 5) is 7.99. The van der Waals surface area contributed by atoms with Crippen LogP contribution in [0.1, 0.15) is 22.9 Å². The van der Waals surface area contributed by atoms with E-state index in [1.54, 1.807) is 12.3 Å². The Kier molecular flexibility index (Phi) is 3.17. The lowest BCUT2D eigenvalue weighted by molar-refractivity contribution is 0.819. The molecule has 3 nitrogen and oxygen atoms in total. The van der Waals surface area contributed by atoms with Gasteiger partial charge in [0.15, 0.2) is 0 Å². The first-order valence-electron chi connectivity index (χ1n) is 4.96. The molecular weight excluding hydrogens is 222 g/mol. The van der Waals surface area contributed by atoms with Crippen LogP contribution in [0.3, 0.4) is 0 Å². The molecule has 0 aliphatic rings. The van der Waals surface area contributed by atoms with Crippen LogP contribution in [-0.4, -0.2) is 9.97 Å². The van der Waals surface area contributed by atoms with E-state index in [0.717, 1.165) is 21.8 Å². The number of halogens is 1. The summed E-state index contributed by atoms with van der Waals surface area (Å²) in [6, 6.07) is 7.34. The first-order chi connectivity index (χ1) is 7.68. The molecule has 0 amide bonds. The van der Waals surface area contributed by atoms with Crippen LogP contribution in [-0.2, 0) is 0 Å². The van der Waals surface area contributed by atoms with Crippen molar-refractivity contribution in [2.45, 2.75) is 13.0 Å². The number of aromatic nitrogens is 2. The Morgan fingerprint density at radius 3 is 2.75 bits per heavy atom. The predicted molar refractivity (Wildman–Crippen MR) is 64.3 cm³/mol. The average Bonchev–Trinajstić information content (AvgIpc) is 2.33. The van der Waals surface area contributed by atoms with E-state index in [9.17, 15) is 0 Å². The molecule has 16 heavy (non-hydrogen) atoms. The molecule has 2 N–H and O–H groups in total. The Morgan fingerprint density at radius 1 is 1.31 bits per heavy atom. The Labute approximate surface area is 99.3 Å². The van der Waals surface area contributed by atoms with E-state index >= 15 is 0 Å². The van der Waals surface area contributed by atoms with E-state index in [-0.39, 0.29) is 6.04 Å². The lowest BCUT2D eigenvalue weighted by Gasteiger charge is -2.12. The number of nitrogens with two attached hydrogens (primary N) is 1. The lowest BCUT2D eigenvalue weighted by Crippen LogP contribution is -2.13. The van der Waals surface area contributed by atoms with Crippen LogP contribution in [0.2, 0.25) is 5.02 Å². The minimum Gasteiger partial charge on any atom is -0.319 e. The van der Waals surface area contributed by atoms with Gasteiger partial charge in [-0.1, -0.05) is 23.7 Å². The summed E-state index contributed by atoms with van der Waals surface area (Å²) in [6.07, 6.45) is 3.17. The second kappa shape index (κ2) is 4.60. The largest absolute Gasteiger partial charge is 0.319 e. The molecule has 1 aromatic heterocycles. The highest BCUT2D eigenvalue weighted by molar-refractivity contribution is 6.31. The molecule has 0 bridgehead atoms. The van der Waals surface area contributed by atoms with Crippen molar-refractivity contribution < 1.29 is 0 Å². The molecule has 0 aliphatic heterocycles. The summed E-state index contributed by atoms with van der Waals surface area (Å²) < 4.78 is 0. The number of rotatable bonds is 2. The van der Waals surface area contributed by atoms with E-state index in [1.807, 2.05) is 25.1 Å². The van der Waals surface area contributed by atoms with Crippen molar-refractivity contribution in [2.24, 2.45) is 5.73 Å². The molecule has 0 saturated carbocycles. The van der Waals surface area contributed by atoms with Gasteiger partial charge in [-0.05, 0) is 30.2 Å². The van der Waals surface area contributed by atoms with Crippen molar-refractivity contribution in [2.75, 3.05) is 0 Å². The van der Waals surface area contributed by atoms with Crippen molar-refractivity contribution in [1.29, 1.82) is 0 Å². The first-order valence-corrected chi connectivity index (χ1v) is 5.34. The molecule has 1 unspecified atom stereocenters. The highest BCUT2D eigenvalue weighted by Crippen LogP contribution is 2.23. The standard InChI is InChI=1S/C12H12ClN3/c1-8-2-3-9(6-10(8)13)12(14)11-4-5-15-7-16-11/h2-7,12H,14H2,1H3. The normalized spacial score (nSPS) is 12.4. The highest BCUT2D eigenvalue weighted by Gasteiger charge is 2.10. The first kappa shape index (κ1) is 11.0. The van der Waals surface area contributed by atoms with Crippen LogP contribution in [0, 0.1) is 6.92 Å². The van der Waals surface area contributed by atoms with Crippen LogP contribution >= 0.6 is 11.6 Å². The Bertz CT molecular complexity index is 485. The summed E-state index contributed by atoms with van der Waals surface area (Å²) >= 11 is 6.06. The van der Waals surface area contributed by atoms with E-state index in [0.29, 0.717) is 0 Å². The number of benzene rings is 1. The van der Waals surface area contributed by atoms with E-state index in [2.05, 4.69) is 9.97 Å². The van der Waals surface area contributed by atoms with E-state index < -0.39 is 0 Å². The second-order valence-electron chi connectivity index (χ2n) is 3.62. The molecule has 1 heterocycles. The van der Waals surface area contributed by atoms with E-state index in [1.165, 1.54) is 6.33 Å². The van der Waals surface area contributed by atoms with Crippen molar-refractivity contribution in [3.05, 3.63) is 58.6 Å². The zero-order chi connectivity index (χ0) is 11.5. The summed E-state index contributed by atoms with van der Waals surface area (Å²) in [5.41, 5.74) is 8.87. The number of aryl methyl sites for hydroxylation is 1.